The molecule has 0 saturated carbocycles. The summed E-state index contributed by atoms with van der Waals surface area (Å²) < 4.78 is 10.9. The highest BCUT2D eigenvalue weighted by Crippen LogP contribution is 2.30. The standard InChI is InChI=1S/C20H18O3/c1-2-22-20(21)18-14-23-19(16-11-7-4-8-12-16)17(18)13-15-9-5-3-6-10-15/h3-12,14H,2,13H2,1H3. The van der Waals surface area contributed by atoms with E-state index in [-0.39, 0.29) is 5.97 Å². The molecule has 3 rings (SSSR count). The van der Waals surface area contributed by atoms with Gasteiger partial charge in [-0.1, -0.05) is 60.7 Å². The molecule has 116 valence electrons. The van der Waals surface area contributed by atoms with E-state index >= 15 is 0 Å². The Balaban J connectivity index is 2.05. The van der Waals surface area contributed by atoms with E-state index in [1.54, 1.807) is 6.92 Å². The first-order chi connectivity index (χ1) is 11.3. The third-order valence-electron chi connectivity index (χ3n) is 3.65. The van der Waals surface area contributed by atoms with Crippen LogP contribution in [0.4, 0.5) is 0 Å². The number of hydrogen-bond acceptors (Lipinski definition) is 3. The number of esters is 1. The van der Waals surface area contributed by atoms with Crippen LogP contribution in [0, 0.1) is 0 Å². The first kappa shape index (κ1) is 15.1. The van der Waals surface area contributed by atoms with Gasteiger partial charge in [-0.15, -0.1) is 0 Å². The van der Waals surface area contributed by atoms with E-state index in [9.17, 15) is 4.79 Å². The molecule has 1 aromatic heterocycles. The molecule has 0 atom stereocenters. The molecular weight excluding hydrogens is 288 g/mol. The number of ether oxygens (including phenoxy) is 1. The topological polar surface area (TPSA) is 39.4 Å². The lowest BCUT2D eigenvalue weighted by Crippen LogP contribution is -2.07. The average Bonchev–Trinajstić information content (AvgIpc) is 3.00. The molecule has 0 aliphatic carbocycles. The van der Waals surface area contributed by atoms with Gasteiger partial charge in [-0.05, 0) is 12.5 Å². The van der Waals surface area contributed by atoms with Crippen LogP contribution in [0.2, 0.25) is 0 Å². The predicted octanol–water partition coefficient (Wildman–Crippen LogP) is 4.71. The van der Waals surface area contributed by atoms with Crippen LogP contribution in [0.15, 0.2) is 71.3 Å². The lowest BCUT2D eigenvalue weighted by atomic mass is 9.98. The Morgan fingerprint density at radius 3 is 2.30 bits per heavy atom. The SMILES string of the molecule is CCOC(=O)c1coc(-c2ccccc2)c1Cc1ccccc1. The molecule has 0 aliphatic heterocycles. The van der Waals surface area contributed by atoms with Gasteiger partial charge in [0.25, 0.3) is 0 Å². The van der Waals surface area contributed by atoms with Gasteiger partial charge < -0.3 is 9.15 Å². The summed E-state index contributed by atoms with van der Waals surface area (Å²) in [5.41, 5.74) is 3.43. The van der Waals surface area contributed by atoms with E-state index in [1.165, 1.54) is 6.26 Å². The maximum Gasteiger partial charge on any atom is 0.341 e. The quantitative estimate of drug-likeness (QED) is 0.641. The second-order valence-electron chi connectivity index (χ2n) is 5.21. The third kappa shape index (κ3) is 3.34. The summed E-state index contributed by atoms with van der Waals surface area (Å²) in [4.78, 5) is 12.2. The smallest absolute Gasteiger partial charge is 0.341 e. The molecule has 0 radical (unpaired) electrons. The van der Waals surface area contributed by atoms with E-state index in [1.807, 2.05) is 60.7 Å². The molecule has 0 spiro atoms. The minimum atomic E-state index is -0.343. The summed E-state index contributed by atoms with van der Waals surface area (Å²) in [7, 11) is 0. The Bertz CT molecular complexity index is 773. The molecule has 0 bridgehead atoms. The van der Waals surface area contributed by atoms with Crippen molar-refractivity contribution in [1.29, 1.82) is 0 Å². The number of benzene rings is 2. The summed E-state index contributed by atoms with van der Waals surface area (Å²) in [6.07, 6.45) is 2.12. The highest BCUT2D eigenvalue weighted by atomic mass is 16.5. The van der Waals surface area contributed by atoms with Gasteiger partial charge in [0.15, 0.2) is 0 Å². The maximum absolute atomic E-state index is 12.2. The fraction of sp³-hybridized carbons (Fsp3) is 0.150. The van der Waals surface area contributed by atoms with Crippen molar-refractivity contribution in [2.45, 2.75) is 13.3 Å². The van der Waals surface area contributed by atoms with Crippen molar-refractivity contribution in [3.8, 4) is 11.3 Å². The summed E-state index contributed by atoms with van der Waals surface area (Å²) in [6, 6.07) is 19.8. The zero-order valence-corrected chi connectivity index (χ0v) is 13.0. The van der Waals surface area contributed by atoms with Gasteiger partial charge >= 0.3 is 5.97 Å². The zero-order valence-electron chi connectivity index (χ0n) is 13.0. The summed E-state index contributed by atoms with van der Waals surface area (Å²) in [5.74, 6) is 0.377. The van der Waals surface area contributed by atoms with Crippen molar-refractivity contribution in [2.75, 3.05) is 6.61 Å². The van der Waals surface area contributed by atoms with Crippen LogP contribution in [0.25, 0.3) is 11.3 Å². The number of carbonyl (C=O) groups excluding carboxylic acids is 1. The van der Waals surface area contributed by atoms with Gasteiger partial charge in [-0.2, -0.15) is 0 Å². The Morgan fingerprint density at radius 1 is 1.00 bits per heavy atom. The van der Waals surface area contributed by atoms with Crippen molar-refractivity contribution in [2.24, 2.45) is 0 Å². The molecule has 23 heavy (non-hydrogen) atoms. The summed E-state index contributed by atoms with van der Waals surface area (Å²) in [5, 5.41) is 0. The van der Waals surface area contributed by atoms with Crippen molar-refractivity contribution in [1.82, 2.24) is 0 Å². The van der Waals surface area contributed by atoms with E-state index in [0.29, 0.717) is 18.6 Å². The van der Waals surface area contributed by atoms with Crippen LogP contribution in [0.1, 0.15) is 28.4 Å². The minimum Gasteiger partial charge on any atom is -0.463 e. The molecule has 3 nitrogen and oxygen atoms in total. The van der Waals surface area contributed by atoms with E-state index in [2.05, 4.69) is 0 Å². The molecule has 2 aromatic carbocycles. The Kier molecular flexibility index (Phi) is 4.57. The zero-order chi connectivity index (χ0) is 16.1. The molecule has 0 aliphatic rings. The molecule has 0 fully saturated rings. The summed E-state index contributed by atoms with van der Waals surface area (Å²) in [6.45, 7) is 2.14. The van der Waals surface area contributed by atoms with Crippen LogP contribution >= 0.6 is 0 Å². The van der Waals surface area contributed by atoms with E-state index in [0.717, 1.165) is 22.5 Å². The molecule has 0 unspecified atom stereocenters. The van der Waals surface area contributed by atoms with Crippen molar-refractivity contribution >= 4 is 5.97 Å². The van der Waals surface area contributed by atoms with Crippen LogP contribution in [0.5, 0.6) is 0 Å². The van der Waals surface area contributed by atoms with Gasteiger partial charge in [-0.25, -0.2) is 4.79 Å². The van der Waals surface area contributed by atoms with Gasteiger partial charge in [0.1, 0.15) is 17.6 Å². The number of hydrogen-bond donors (Lipinski definition) is 0. The predicted molar refractivity (Wildman–Crippen MR) is 89.3 cm³/mol. The minimum absolute atomic E-state index is 0.343. The number of rotatable bonds is 5. The van der Waals surface area contributed by atoms with Gasteiger partial charge in [-0.3, -0.25) is 0 Å². The largest absolute Gasteiger partial charge is 0.463 e. The van der Waals surface area contributed by atoms with Crippen LogP contribution in [0.3, 0.4) is 0 Å². The molecule has 0 N–H and O–H groups in total. The average molecular weight is 306 g/mol. The normalized spacial score (nSPS) is 10.5. The number of furan rings is 1. The van der Waals surface area contributed by atoms with Crippen LogP contribution < -0.4 is 0 Å². The van der Waals surface area contributed by atoms with E-state index in [4.69, 9.17) is 9.15 Å². The number of carbonyl (C=O) groups is 1. The molecule has 0 amide bonds. The first-order valence-corrected chi connectivity index (χ1v) is 7.66. The second-order valence-corrected chi connectivity index (χ2v) is 5.21. The highest BCUT2D eigenvalue weighted by Gasteiger charge is 2.21. The molecule has 3 aromatic rings. The Labute approximate surface area is 135 Å². The Hall–Kier alpha value is -2.81. The van der Waals surface area contributed by atoms with Gasteiger partial charge in [0.05, 0.1) is 6.61 Å². The van der Waals surface area contributed by atoms with Crippen molar-refractivity contribution in [3.05, 3.63) is 83.6 Å². The van der Waals surface area contributed by atoms with E-state index < -0.39 is 0 Å². The van der Waals surface area contributed by atoms with Crippen LogP contribution in [-0.4, -0.2) is 12.6 Å². The monoisotopic (exact) mass is 306 g/mol. The molecule has 0 saturated heterocycles. The van der Waals surface area contributed by atoms with Crippen molar-refractivity contribution < 1.29 is 13.9 Å². The fourth-order valence-corrected chi connectivity index (χ4v) is 2.57. The second kappa shape index (κ2) is 6.97. The van der Waals surface area contributed by atoms with Gasteiger partial charge in [0.2, 0.25) is 0 Å². The maximum atomic E-state index is 12.2. The third-order valence-corrected chi connectivity index (χ3v) is 3.65. The lowest BCUT2D eigenvalue weighted by Gasteiger charge is -2.06. The summed E-state index contributed by atoms with van der Waals surface area (Å²) >= 11 is 0. The van der Waals surface area contributed by atoms with Gasteiger partial charge in [0, 0.05) is 17.5 Å². The van der Waals surface area contributed by atoms with Crippen molar-refractivity contribution in [3.63, 3.8) is 0 Å². The highest BCUT2D eigenvalue weighted by molar-refractivity contribution is 5.93. The van der Waals surface area contributed by atoms with Crippen LogP contribution in [-0.2, 0) is 11.2 Å². The Morgan fingerprint density at radius 2 is 1.65 bits per heavy atom. The molecule has 3 heteroatoms. The fourth-order valence-electron chi connectivity index (χ4n) is 2.57. The molecule has 1 heterocycles. The lowest BCUT2D eigenvalue weighted by molar-refractivity contribution is 0.0524. The molecular formula is C20H18O3. The first-order valence-electron chi connectivity index (χ1n) is 7.66.